The molecule has 4 rings (SSSR count). The molecule has 4 nitrogen and oxygen atoms in total. The van der Waals surface area contributed by atoms with Crippen LogP contribution in [0, 0.1) is 17.8 Å². The van der Waals surface area contributed by atoms with Crippen LogP contribution in [0.4, 0.5) is 0 Å². The van der Waals surface area contributed by atoms with E-state index >= 15 is 0 Å². The molecule has 2 aromatic heterocycles. The molecule has 2 saturated carbocycles. The van der Waals surface area contributed by atoms with E-state index in [1.165, 1.54) is 37.0 Å². The number of rotatable bonds is 4. The van der Waals surface area contributed by atoms with E-state index in [-0.39, 0.29) is 5.56 Å². The van der Waals surface area contributed by atoms with Crippen LogP contribution in [0.3, 0.4) is 0 Å². The maximum Gasteiger partial charge on any atom is 0.268 e. The van der Waals surface area contributed by atoms with Crippen LogP contribution in [-0.2, 0) is 6.54 Å². The molecule has 2 fully saturated rings. The molecule has 2 aliphatic rings. The lowest BCUT2D eigenvalue weighted by Crippen LogP contribution is -2.36. The van der Waals surface area contributed by atoms with Gasteiger partial charge in [-0.1, -0.05) is 6.42 Å². The molecular weight excluding hydrogens is 282 g/mol. The Kier molecular flexibility index (Phi) is 3.34. The molecule has 0 aliphatic heterocycles. The van der Waals surface area contributed by atoms with Gasteiger partial charge in [0.25, 0.3) is 5.56 Å². The second kappa shape index (κ2) is 5.21. The molecule has 4 unspecified atom stereocenters. The van der Waals surface area contributed by atoms with Crippen molar-refractivity contribution in [2.24, 2.45) is 17.8 Å². The Hall–Kier alpha value is -1.20. The van der Waals surface area contributed by atoms with Crippen molar-refractivity contribution in [2.45, 2.75) is 45.2 Å². The zero-order valence-corrected chi connectivity index (χ0v) is 13.1. The third-order valence-corrected chi connectivity index (χ3v) is 6.29. The summed E-state index contributed by atoms with van der Waals surface area (Å²) in [6.45, 7) is 2.93. The predicted molar refractivity (Wildman–Crippen MR) is 85.5 cm³/mol. The van der Waals surface area contributed by atoms with Crippen LogP contribution in [0.1, 0.15) is 38.4 Å². The van der Waals surface area contributed by atoms with Gasteiger partial charge in [-0.15, -0.1) is 11.3 Å². The third kappa shape index (κ3) is 2.42. The van der Waals surface area contributed by atoms with Gasteiger partial charge in [0.2, 0.25) is 0 Å². The predicted octanol–water partition coefficient (Wildman–Crippen LogP) is 2.90. The average molecular weight is 303 g/mol. The highest BCUT2D eigenvalue weighted by Crippen LogP contribution is 2.49. The molecule has 112 valence electrons. The molecule has 2 aromatic rings. The number of thiophene rings is 1. The molecule has 0 saturated heterocycles. The summed E-state index contributed by atoms with van der Waals surface area (Å²) in [6.07, 6.45) is 5.67. The molecule has 2 aliphatic carbocycles. The van der Waals surface area contributed by atoms with Crippen LogP contribution in [0.25, 0.3) is 10.2 Å². The van der Waals surface area contributed by atoms with Crippen LogP contribution in [0.15, 0.2) is 16.2 Å². The van der Waals surface area contributed by atoms with Gasteiger partial charge >= 0.3 is 0 Å². The van der Waals surface area contributed by atoms with E-state index in [2.05, 4.69) is 22.2 Å². The minimum Gasteiger partial charge on any atom is -0.308 e. The van der Waals surface area contributed by atoms with Gasteiger partial charge < -0.3 is 10.3 Å². The van der Waals surface area contributed by atoms with E-state index in [0.29, 0.717) is 12.6 Å². The van der Waals surface area contributed by atoms with Crippen LogP contribution < -0.4 is 10.9 Å². The SMILES string of the molecule is CC(NCc1nc2ccsc2c(=O)[nH]1)C1CC2CCC1C2. The van der Waals surface area contributed by atoms with Crippen molar-refractivity contribution in [2.75, 3.05) is 0 Å². The summed E-state index contributed by atoms with van der Waals surface area (Å²) in [5, 5.41) is 5.50. The third-order valence-electron chi connectivity index (χ3n) is 5.39. The molecular formula is C16H21N3OS. The summed E-state index contributed by atoms with van der Waals surface area (Å²) in [5.74, 6) is 3.45. The second-order valence-electron chi connectivity index (χ2n) is 6.66. The van der Waals surface area contributed by atoms with Gasteiger partial charge in [0.1, 0.15) is 10.5 Å². The van der Waals surface area contributed by atoms with Crippen molar-refractivity contribution in [3.05, 3.63) is 27.6 Å². The number of nitrogens with one attached hydrogen (secondary N) is 2. The number of fused-ring (bicyclic) bond motifs is 3. The van der Waals surface area contributed by atoms with Crippen molar-refractivity contribution in [1.29, 1.82) is 0 Å². The number of aromatic amines is 1. The quantitative estimate of drug-likeness (QED) is 0.913. The molecule has 2 bridgehead atoms. The Labute approximate surface area is 128 Å². The summed E-state index contributed by atoms with van der Waals surface area (Å²) in [5.41, 5.74) is 0.799. The fourth-order valence-electron chi connectivity index (χ4n) is 4.32. The molecule has 0 radical (unpaired) electrons. The molecule has 0 amide bonds. The number of hydrogen-bond donors (Lipinski definition) is 2. The van der Waals surface area contributed by atoms with Gasteiger partial charge in [0, 0.05) is 6.04 Å². The van der Waals surface area contributed by atoms with Crippen LogP contribution >= 0.6 is 11.3 Å². The van der Waals surface area contributed by atoms with Crippen molar-refractivity contribution < 1.29 is 0 Å². The number of aromatic nitrogens is 2. The average Bonchev–Trinajstić information content (AvgIpc) is 3.19. The van der Waals surface area contributed by atoms with Gasteiger partial charge in [-0.3, -0.25) is 4.79 Å². The highest BCUT2D eigenvalue weighted by molar-refractivity contribution is 7.17. The zero-order valence-electron chi connectivity index (χ0n) is 12.3. The van der Waals surface area contributed by atoms with Crippen LogP contribution in [0.2, 0.25) is 0 Å². The Bertz CT molecular complexity index is 707. The van der Waals surface area contributed by atoms with Crippen molar-refractivity contribution in [3.63, 3.8) is 0 Å². The number of hydrogen-bond acceptors (Lipinski definition) is 4. The van der Waals surface area contributed by atoms with E-state index < -0.39 is 0 Å². The Morgan fingerprint density at radius 2 is 2.38 bits per heavy atom. The first-order chi connectivity index (χ1) is 10.2. The minimum absolute atomic E-state index is 0.0145. The Morgan fingerprint density at radius 3 is 3.14 bits per heavy atom. The largest absolute Gasteiger partial charge is 0.308 e. The summed E-state index contributed by atoms with van der Waals surface area (Å²) >= 11 is 1.45. The summed E-state index contributed by atoms with van der Waals surface area (Å²) in [4.78, 5) is 19.4. The highest BCUT2D eigenvalue weighted by Gasteiger charge is 2.41. The van der Waals surface area contributed by atoms with E-state index in [0.717, 1.165) is 33.8 Å². The lowest BCUT2D eigenvalue weighted by Gasteiger charge is -2.28. The normalized spacial score (nSPS) is 29.3. The molecule has 0 aromatic carbocycles. The van der Waals surface area contributed by atoms with Crippen molar-refractivity contribution in [3.8, 4) is 0 Å². The van der Waals surface area contributed by atoms with E-state index in [1.807, 2.05) is 11.4 Å². The first kappa shape index (κ1) is 13.5. The fraction of sp³-hybridized carbons (Fsp3) is 0.625. The van der Waals surface area contributed by atoms with Crippen LogP contribution in [-0.4, -0.2) is 16.0 Å². The van der Waals surface area contributed by atoms with Gasteiger partial charge in [0.15, 0.2) is 0 Å². The molecule has 21 heavy (non-hydrogen) atoms. The smallest absolute Gasteiger partial charge is 0.268 e. The van der Waals surface area contributed by atoms with Gasteiger partial charge in [0.05, 0.1) is 12.1 Å². The first-order valence-electron chi connectivity index (χ1n) is 7.90. The van der Waals surface area contributed by atoms with E-state index in [1.54, 1.807) is 0 Å². The van der Waals surface area contributed by atoms with Gasteiger partial charge in [-0.05, 0) is 55.4 Å². The maximum absolute atomic E-state index is 12.0. The lowest BCUT2D eigenvalue weighted by atomic mass is 9.84. The molecule has 2 N–H and O–H groups in total. The van der Waals surface area contributed by atoms with Gasteiger partial charge in [-0.2, -0.15) is 0 Å². The van der Waals surface area contributed by atoms with E-state index in [9.17, 15) is 4.79 Å². The van der Waals surface area contributed by atoms with E-state index in [4.69, 9.17) is 0 Å². The summed E-state index contributed by atoms with van der Waals surface area (Å²) in [7, 11) is 0. The van der Waals surface area contributed by atoms with Gasteiger partial charge in [-0.25, -0.2) is 4.98 Å². The molecule has 4 atom stereocenters. The topological polar surface area (TPSA) is 57.8 Å². The monoisotopic (exact) mass is 303 g/mol. The highest BCUT2D eigenvalue weighted by atomic mass is 32.1. The summed E-state index contributed by atoms with van der Waals surface area (Å²) in [6, 6.07) is 2.42. The maximum atomic E-state index is 12.0. The number of H-pyrrole nitrogens is 1. The summed E-state index contributed by atoms with van der Waals surface area (Å²) < 4.78 is 0.722. The Morgan fingerprint density at radius 1 is 1.48 bits per heavy atom. The van der Waals surface area contributed by atoms with Crippen molar-refractivity contribution in [1.82, 2.24) is 15.3 Å². The minimum atomic E-state index is -0.0145. The fourth-order valence-corrected chi connectivity index (χ4v) is 5.05. The standard InChI is InChI=1S/C16H21N3OS/c1-9(12-7-10-2-3-11(12)6-10)17-8-14-18-13-4-5-21-15(13)16(20)19-14/h4-5,9-12,17H,2-3,6-8H2,1H3,(H,18,19,20). The first-order valence-corrected chi connectivity index (χ1v) is 8.78. The Balaban J connectivity index is 1.44. The molecule has 2 heterocycles. The van der Waals surface area contributed by atoms with Crippen molar-refractivity contribution >= 4 is 21.6 Å². The zero-order chi connectivity index (χ0) is 14.4. The lowest BCUT2D eigenvalue weighted by molar-refractivity contribution is 0.258. The molecule has 0 spiro atoms. The second-order valence-corrected chi connectivity index (χ2v) is 7.57. The number of nitrogens with zero attached hydrogens (tertiary/aromatic N) is 1. The molecule has 5 heteroatoms. The van der Waals surface area contributed by atoms with Crippen LogP contribution in [0.5, 0.6) is 0 Å².